The molecule has 4 aliphatic rings. The molecular formula is C36H43O7S+. The molecule has 2 unspecified atom stereocenters. The monoisotopic (exact) mass is 619 g/mol. The third-order valence-corrected chi connectivity index (χ3v) is 11.4. The van der Waals surface area contributed by atoms with Crippen molar-refractivity contribution in [3.05, 3.63) is 83.9 Å². The normalized spacial score (nSPS) is 27.1. The van der Waals surface area contributed by atoms with Gasteiger partial charge in [-0.2, -0.15) is 0 Å². The van der Waals surface area contributed by atoms with Crippen LogP contribution in [0.15, 0.2) is 87.5 Å². The molecule has 0 N–H and O–H groups in total. The quantitative estimate of drug-likeness (QED) is 0.119. The summed E-state index contributed by atoms with van der Waals surface area (Å²) in [7, 11) is 2.99. The Morgan fingerprint density at radius 1 is 0.682 bits per heavy atom. The van der Waals surface area contributed by atoms with E-state index in [0.717, 1.165) is 25.7 Å². The van der Waals surface area contributed by atoms with Crippen molar-refractivity contribution in [3.63, 3.8) is 0 Å². The lowest BCUT2D eigenvalue weighted by Gasteiger charge is -2.64. The highest BCUT2D eigenvalue weighted by molar-refractivity contribution is 7.97. The number of hydrogen-bond acceptors (Lipinski definition) is 7. The van der Waals surface area contributed by atoms with Crippen LogP contribution in [0.5, 0.6) is 5.75 Å². The number of carbonyl (C=O) groups is 1. The number of benzene rings is 3. The van der Waals surface area contributed by atoms with Crippen LogP contribution in [0.3, 0.4) is 0 Å². The minimum Gasteiger partial charge on any atom is -0.482 e. The molecule has 44 heavy (non-hydrogen) atoms. The molecule has 0 radical (unpaired) electrons. The van der Waals surface area contributed by atoms with Gasteiger partial charge in [-0.05, 0) is 87.6 Å². The van der Waals surface area contributed by atoms with Crippen LogP contribution in [0, 0.1) is 19.8 Å². The first-order valence-electron chi connectivity index (χ1n) is 15.3. The van der Waals surface area contributed by atoms with Gasteiger partial charge in [0.2, 0.25) is 0 Å². The van der Waals surface area contributed by atoms with Gasteiger partial charge < -0.3 is 28.4 Å². The second-order valence-electron chi connectivity index (χ2n) is 12.8. The third kappa shape index (κ3) is 6.70. The lowest BCUT2D eigenvalue weighted by Crippen LogP contribution is -2.68. The standard InChI is InChI=1S/C36H43O7S/c1-26-5-11-30(12-6-26)44(31-13-7-27(2)8-14-31)32-15-9-29(10-16-32)40-20-33(37)43-36-19-28-17-34(22-36,41-24-38-3)21-35(18-28,23-36)42-25-39-4/h5-16,28H,17-25H2,1-4H3/q+1. The number of methoxy groups -OCH3 is 2. The molecule has 0 spiro atoms. The zero-order valence-electron chi connectivity index (χ0n) is 26.1. The second kappa shape index (κ2) is 12.9. The lowest BCUT2D eigenvalue weighted by atomic mass is 9.50. The highest BCUT2D eigenvalue weighted by Gasteiger charge is 2.66. The van der Waals surface area contributed by atoms with Crippen molar-refractivity contribution in [3.8, 4) is 5.75 Å². The van der Waals surface area contributed by atoms with Gasteiger partial charge in [-0.3, -0.25) is 0 Å². The Labute approximate surface area is 263 Å². The van der Waals surface area contributed by atoms with Crippen LogP contribution in [-0.2, 0) is 39.4 Å². The van der Waals surface area contributed by atoms with E-state index in [1.54, 1.807) is 14.2 Å². The maximum absolute atomic E-state index is 13.3. The first kappa shape index (κ1) is 31.1. The van der Waals surface area contributed by atoms with Crippen LogP contribution in [0.1, 0.15) is 49.7 Å². The molecule has 7 nitrogen and oxygen atoms in total. The minimum atomic E-state index is -0.651. The topological polar surface area (TPSA) is 72.5 Å². The Kier molecular flexibility index (Phi) is 9.09. The molecular weight excluding hydrogens is 576 g/mol. The van der Waals surface area contributed by atoms with E-state index < -0.39 is 16.8 Å². The zero-order chi connectivity index (χ0) is 30.8. The lowest BCUT2D eigenvalue weighted by molar-refractivity contribution is -0.306. The Bertz CT molecular complexity index is 1350. The van der Waals surface area contributed by atoms with Crippen molar-refractivity contribution in [2.24, 2.45) is 5.92 Å². The fourth-order valence-electron chi connectivity index (χ4n) is 7.82. The van der Waals surface area contributed by atoms with Gasteiger partial charge in [-0.25, -0.2) is 4.79 Å². The molecule has 0 amide bonds. The molecule has 0 aliphatic heterocycles. The van der Waals surface area contributed by atoms with Gasteiger partial charge >= 0.3 is 5.97 Å². The Hall–Kier alpha value is -2.88. The summed E-state index contributed by atoms with van der Waals surface area (Å²) in [6, 6.07) is 25.5. The molecule has 4 saturated carbocycles. The fraction of sp³-hybridized carbons (Fsp3) is 0.472. The highest BCUT2D eigenvalue weighted by atomic mass is 32.2. The molecule has 4 bridgehead atoms. The number of ether oxygens (including phenoxy) is 6. The van der Waals surface area contributed by atoms with Crippen LogP contribution in [0.25, 0.3) is 0 Å². The average molecular weight is 620 g/mol. The summed E-state index contributed by atoms with van der Waals surface area (Å²) in [5.41, 5.74) is 0.946. The Morgan fingerprint density at radius 3 is 1.59 bits per heavy atom. The van der Waals surface area contributed by atoms with Gasteiger partial charge in [0, 0.05) is 33.5 Å². The highest BCUT2D eigenvalue weighted by Crippen LogP contribution is 2.63. The summed E-state index contributed by atoms with van der Waals surface area (Å²) < 4.78 is 35.3. The number of esters is 1. The molecule has 0 aromatic heterocycles. The van der Waals surface area contributed by atoms with Gasteiger partial charge in [0.1, 0.15) is 24.9 Å². The van der Waals surface area contributed by atoms with E-state index in [9.17, 15) is 4.79 Å². The molecule has 0 saturated heterocycles. The molecule has 8 heteroatoms. The van der Waals surface area contributed by atoms with E-state index in [2.05, 4.69) is 74.5 Å². The van der Waals surface area contributed by atoms with Crippen LogP contribution in [-0.4, -0.2) is 57.2 Å². The van der Waals surface area contributed by atoms with Crippen molar-refractivity contribution >= 4 is 16.9 Å². The fourth-order valence-corrected chi connectivity index (χ4v) is 9.86. The molecule has 4 aliphatic carbocycles. The van der Waals surface area contributed by atoms with Gasteiger partial charge in [0.05, 0.1) is 22.1 Å². The molecule has 7 rings (SSSR count). The van der Waals surface area contributed by atoms with Gasteiger partial charge in [-0.1, -0.05) is 35.4 Å². The largest absolute Gasteiger partial charge is 0.482 e. The second-order valence-corrected chi connectivity index (χ2v) is 14.9. The van der Waals surface area contributed by atoms with Crippen molar-refractivity contribution in [1.82, 2.24) is 0 Å². The number of rotatable bonds is 13. The molecule has 3 aromatic rings. The summed E-state index contributed by atoms with van der Waals surface area (Å²) in [6.45, 7) is 4.45. The smallest absolute Gasteiger partial charge is 0.344 e. The third-order valence-electron chi connectivity index (χ3n) is 9.14. The first-order valence-corrected chi connectivity index (χ1v) is 16.5. The molecule has 2 atom stereocenters. The molecule has 0 heterocycles. The van der Waals surface area contributed by atoms with E-state index in [1.165, 1.54) is 25.8 Å². The molecule has 4 fully saturated rings. The van der Waals surface area contributed by atoms with E-state index in [-0.39, 0.29) is 37.1 Å². The van der Waals surface area contributed by atoms with Crippen molar-refractivity contribution in [1.29, 1.82) is 0 Å². The molecule has 234 valence electrons. The predicted molar refractivity (Wildman–Crippen MR) is 168 cm³/mol. The summed E-state index contributed by atoms with van der Waals surface area (Å²) in [5, 5.41) is 0. The molecule has 3 aromatic carbocycles. The van der Waals surface area contributed by atoms with Gasteiger partial charge in [0.15, 0.2) is 21.3 Å². The SMILES string of the molecule is COCOC12CC3CC(OCOC)(C1)CC(OC(=O)COc1ccc([S+](c4ccc(C)cc4)c4ccc(C)cc4)cc1)(C3)C2. The van der Waals surface area contributed by atoms with Crippen molar-refractivity contribution in [2.75, 3.05) is 34.4 Å². The van der Waals surface area contributed by atoms with Crippen LogP contribution >= 0.6 is 0 Å². The summed E-state index contributed by atoms with van der Waals surface area (Å²) in [5.74, 6) is 0.600. The Balaban J connectivity index is 1.14. The number of aryl methyl sites for hydroxylation is 2. The van der Waals surface area contributed by atoms with Crippen LogP contribution < -0.4 is 4.74 Å². The maximum atomic E-state index is 13.3. The van der Waals surface area contributed by atoms with Crippen molar-refractivity contribution < 1.29 is 33.2 Å². The van der Waals surface area contributed by atoms with E-state index in [0.29, 0.717) is 24.5 Å². The van der Waals surface area contributed by atoms with Crippen molar-refractivity contribution in [2.45, 2.75) is 83.9 Å². The number of carbonyl (C=O) groups excluding carboxylic acids is 1. The van der Waals surface area contributed by atoms with E-state index in [4.69, 9.17) is 28.4 Å². The minimum absolute atomic E-state index is 0.161. The number of hydrogen-bond donors (Lipinski definition) is 0. The van der Waals surface area contributed by atoms with E-state index in [1.807, 2.05) is 12.1 Å². The summed E-state index contributed by atoms with van der Waals surface area (Å²) in [4.78, 5) is 17.0. The maximum Gasteiger partial charge on any atom is 0.344 e. The predicted octanol–water partition coefficient (Wildman–Crippen LogP) is 6.78. The average Bonchev–Trinajstić information content (AvgIpc) is 3.00. The van der Waals surface area contributed by atoms with Gasteiger partial charge in [-0.15, -0.1) is 0 Å². The van der Waals surface area contributed by atoms with Crippen LogP contribution in [0.4, 0.5) is 0 Å². The van der Waals surface area contributed by atoms with Crippen LogP contribution in [0.2, 0.25) is 0 Å². The summed E-state index contributed by atoms with van der Waals surface area (Å²) >= 11 is 0. The van der Waals surface area contributed by atoms with E-state index >= 15 is 0 Å². The Morgan fingerprint density at radius 2 is 1.11 bits per heavy atom. The summed E-state index contributed by atoms with van der Waals surface area (Å²) in [6.07, 6.45) is 4.67. The zero-order valence-corrected chi connectivity index (χ0v) is 27.0. The van der Waals surface area contributed by atoms with Gasteiger partial charge in [0.25, 0.3) is 0 Å². The first-order chi connectivity index (χ1) is 21.2.